The number of hydrogen-bond donors (Lipinski definition) is 1. The van der Waals surface area contributed by atoms with Crippen LogP contribution in [0.1, 0.15) is 28.7 Å². The number of aromatic amines is 1. The quantitative estimate of drug-likeness (QED) is 0.917. The smallest absolute Gasteiger partial charge is 0.274 e. The van der Waals surface area contributed by atoms with Crippen LogP contribution in [-0.4, -0.2) is 57.8 Å². The number of aromatic nitrogens is 2. The van der Waals surface area contributed by atoms with Gasteiger partial charge in [-0.05, 0) is 26.8 Å². The number of H-pyrrole nitrogens is 1. The molecule has 2 amide bonds. The Balaban J connectivity index is 1.87. The SMILES string of the molecule is Cc1cccc(-c2nc(C(=O)N3CC(=O)N(C)C(C)C3)c(C)[nH]2)c1. The van der Waals surface area contributed by atoms with Gasteiger partial charge in [-0.2, -0.15) is 0 Å². The van der Waals surface area contributed by atoms with Crippen LogP contribution < -0.4 is 0 Å². The summed E-state index contributed by atoms with van der Waals surface area (Å²) in [4.78, 5) is 35.7. The molecule has 1 N–H and O–H groups in total. The van der Waals surface area contributed by atoms with Crippen LogP contribution >= 0.6 is 0 Å². The molecule has 1 aliphatic rings. The van der Waals surface area contributed by atoms with Crippen molar-refractivity contribution in [1.29, 1.82) is 0 Å². The van der Waals surface area contributed by atoms with E-state index in [1.165, 1.54) is 0 Å². The van der Waals surface area contributed by atoms with Crippen LogP contribution in [0.5, 0.6) is 0 Å². The Morgan fingerprint density at radius 1 is 1.33 bits per heavy atom. The number of nitrogens with zero attached hydrogens (tertiary/aromatic N) is 3. The number of amides is 2. The molecule has 126 valence electrons. The van der Waals surface area contributed by atoms with Crippen molar-refractivity contribution in [3.8, 4) is 11.4 Å². The second-order valence-corrected chi connectivity index (χ2v) is 6.47. The predicted octanol–water partition coefficient (Wildman–Crippen LogP) is 2.00. The molecule has 3 rings (SSSR count). The van der Waals surface area contributed by atoms with E-state index in [-0.39, 0.29) is 24.4 Å². The molecule has 1 atom stereocenters. The van der Waals surface area contributed by atoms with Gasteiger partial charge in [0.2, 0.25) is 5.91 Å². The highest BCUT2D eigenvalue weighted by atomic mass is 16.2. The van der Waals surface area contributed by atoms with Crippen molar-refractivity contribution < 1.29 is 9.59 Å². The number of aryl methyl sites for hydroxylation is 2. The molecular weight excluding hydrogens is 304 g/mol. The minimum atomic E-state index is -0.198. The van der Waals surface area contributed by atoms with Crippen molar-refractivity contribution in [2.24, 2.45) is 0 Å². The van der Waals surface area contributed by atoms with Crippen molar-refractivity contribution in [3.05, 3.63) is 41.2 Å². The standard InChI is InChI=1S/C18H22N4O2/c1-11-6-5-7-14(8-11)17-19-13(3)16(20-17)18(24)22-9-12(2)21(4)15(23)10-22/h5-8,12H,9-10H2,1-4H3,(H,19,20). The number of rotatable bonds is 2. The number of imidazole rings is 1. The van der Waals surface area contributed by atoms with E-state index in [4.69, 9.17) is 0 Å². The summed E-state index contributed by atoms with van der Waals surface area (Å²) in [5.41, 5.74) is 3.18. The van der Waals surface area contributed by atoms with Gasteiger partial charge in [0.15, 0.2) is 0 Å². The van der Waals surface area contributed by atoms with Gasteiger partial charge < -0.3 is 14.8 Å². The summed E-state index contributed by atoms with van der Waals surface area (Å²) in [6, 6.07) is 7.97. The molecule has 2 heterocycles. The van der Waals surface area contributed by atoms with Crippen LogP contribution in [0.3, 0.4) is 0 Å². The number of hydrogen-bond acceptors (Lipinski definition) is 3. The first-order chi connectivity index (χ1) is 11.4. The molecule has 6 heteroatoms. The van der Waals surface area contributed by atoms with E-state index in [1.807, 2.05) is 45.0 Å². The highest BCUT2D eigenvalue weighted by Gasteiger charge is 2.32. The summed E-state index contributed by atoms with van der Waals surface area (Å²) in [6.07, 6.45) is 0. The van der Waals surface area contributed by atoms with Gasteiger partial charge in [-0.15, -0.1) is 0 Å². The Bertz CT molecular complexity index is 796. The third-order valence-electron chi connectivity index (χ3n) is 4.53. The predicted molar refractivity (Wildman–Crippen MR) is 91.6 cm³/mol. The Morgan fingerprint density at radius 3 is 2.75 bits per heavy atom. The monoisotopic (exact) mass is 326 g/mol. The van der Waals surface area contributed by atoms with Gasteiger partial charge in [0.1, 0.15) is 18.1 Å². The fraction of sp³-hybridized carbons (Fsp3) is 0.389. The van der Waals surface area contributed by atoms with E-state index in [1.54, 1.807) is 16.8 Å². The summed E-state index contributed by atoms with van der Waals surface area (Å²) < 4.78 is 0. The van der Waals surface area contributed by atoms with Gasteiger partial charge in [0, 0.05) is 30.9 Å². The van der Waals surface area contributed by atoms with Crippen LogP contribution in [0.4, 0.5) is 0 Å². The molecule has 0 saturated carbocycles. The van der Waals surface area contributed by atoms with E-state index >= 15 is 0 Å². The first kappa shape index (κ1) is 16.2. The highest BCUT2D eigenvalue weighted by Crippen LogP contribution is 2.21. The van der Waals surface area contributed by atoms with Crippen LogP contribution in [0.2, 0.25) is 0 Å². The van der Waals surface area contributed by atoms with Gasteiger partial charge in [-0.1, -0.05) is 23.8 Å². The highest BCUT2D eigenvalue weighted by molar-refractivity contribution is 5.97. The van der Waals surface area contributed by atoms with Gasteiger partial charge in [-0.3, -0.25) is 9.59 Å². The molecule has 24 heavy (non-hydrogen) atoms. The van der Waals surface area contributed by atoms with Crippen molar-refractivity contribution in [2.75, 3.05) is 20.1 Å². The number of carbonyl (C=O) groups is 2. The van der Waals surface area contributed by atoms with Crippen LogP contribution in [0, 0.1) is 13.8 Å². The van der Waals surface area contributed by atoms with Crippen LogP contribution in [-0.2, 0) is 4.79 Å². The molecule has 0 bridgehead atoms. The summed E-state index contributed by atoms with van der Waals surface area (Å²) in [7, 11) is 1.77. The van der Waals surface area contributed by atoms with Gasteiger partial charge >= 0.3 is 0 Å². The van der Waals surface area contributed by atoms with Crippen molar-refractivity contribution in [2.45, 2.75) is 26.8 Å². The van der Waals surface area contributed by atoms with E-state index in [2.05, 4.69) is 9.97 Å². The lowest BCUT2D eigenvalue weighted by molar-refractivity contribution is -0.136. The molecule has 0 spiro atoms. The number of carbonyl (C=O) groups excluding carboxylic acids is 2. The van der Waals surface area contributed by atoms with Crippen LogP contribution in [0.25, 0.3) is 11.4 Å². The first-order valence-electron chi connectivity index (χ1n) is 8.05. The lowest BCUT2D eigenvalue weighted by Gasteiger charge is -2.37. The molecule has 0 radical (unpaired) electrons. The van der Waals surface area contributed by atoms with Crippen molar-refractivity contribution >= 4 is 11.8 Å². The topological polar surface area (TPSA) is 69.3 Å². The van der Waals surface area contributed by atoms with Gasteiger partial charge in [0.05, 0.1) is 0 Å². The Labute approximate surface area is 141 Å². The van der Waals surface area contributed by atoms with Crippen molar-refractivity contribution in [3.63, 3.8) is 0 Å². The fourth-order valence-electron chi connectivity index (χ4n) is 2.93. The largest absolute Gasteiger partial charge is 0.341 e. The van der Waals surface area contributed by atoms with E-state index in [9.17, 15) is 9.59 Å². The average molecular weight is 326 g/mol. The molecule has 2 aromatic rings. The maximum atomic E-state index is 12.8. The Morgan fingerprint density at radius 2 is 2.08 bits per heavy atom. The van der Waals surface area contributed by atoms with Crippen molar-refractivity contribution in [1.82, 2.24) is 19.8 Å². The average Bonchev–Trinajstić information content (AvgIpc) is 2.93. The minimum absolute atomic E-state index is 0.00527. The third-order valence-corrected chi connectivity index (χ3v) is 4.53. The molecule has 1 saturated heterocycles. The first-order valence-corrected chi connectivity index (χ1v) is 8.05. The maximum absolute atomic E-state index is 12.8. The molecule has 1 unspecified atom stereocenters. The second-order valence-electron chi connectivity index (χ2n) is 6.47. The molecule has 1 aromatic carbocycles. The van der Waals surface area contributed by atoms with Gasteiger partial charge in [-0.25, -0.2) is 4.98 Å². The zero-order chi connectivity index (χ0) is 17.4. The number of benzene rings is 1. The Hall–Kier alpha value is -2.63. The molecular formula is C18H22N4O2. The normalized spacial score (nSPS) is 18.2. The summed E-state index contributed by atoms with van der Waals surface area (Å²) in [5, 5.41) is 0. The lowest BCUT2D eigenvalue weighted by Crippen LogP contribution is -2.55. The fourth-order valence-corrected chi connectivity index (χ4v) is 2.93. The zero-order valence-corrected chi connectivity index (χ0v) is 14.5. The summed E-state index contributed by atoms with van der Waals surface area (Å²) in [5.74, 6) is 0.429. The summed E-state index contributed by atoms with van der Waals surface area (Å²) in [6.45, 7) is 6.41. The van der Waals surface area contributed by atoms with E-state index in [0.29, 0.717) is 18.1 Å². The number of piperazine rings is 1. The Kier molecular flexibility index (Phi) is 4.13. The lowest BCUT2D eigenvalue weighted by atomic mass is 10.1. The molecule has 6 nitrogen and oxygen atoms in total. The second kappa shape index (κ2) is 6.11. The maximum Gasteiger partial charge on any atom is 0.274 e. The number of nitrogens with one attached hydrogen (secondary N) is 1. The van der Waals surface area contributed by atoms with Gasteiger partial charge in [0.25, 0.3) is 5.91 Å². The zero-order valence-electron chi connectivity index (χ0n) is 14.5. The van der Waals surface area contributed by atoms with Crippen LogP contribution in [0.15, 0.2) is 24.3 Å². The van der Waals surface area contributed by atoms with E-state index in [0.717, 1.165) is 16.8 Å². The number of likely N-dealkylation sites (N-methyl/N-ethyl adjacent to an activating group) is 1. The molecule has 1 aliphatic heterocycles. The molecule has 1 aromatic heterocycles. The minimum Gasteiger partial charge on any atom is -0.341 e. The van der Waals surface area contributed by atoms with E-state index < -0.39 is 0 Å². The summed E-state index contributed by atoms with van der Waals surface area (Å²) >= 11 is 0. The molecule has 1 fully saturated rings. The molecule has 0 aliphatic carbocycles. The third kappa shape index (κ3) is 2.91.